The summed E-state index contributed by atoms with van der Waals surface area (Å²) >= 11 is 0. The van der Waals surface area contributed by atoms with Gasteiger partial charge < -0.3 is 19.3 Å². The first-order chi connectivity index (χ1) is 12.1. The topological polar surface area (TPSA) is 59.1 Å². The molecule has 4 rings (SSSR count). The Labute approximate surface area is 147 Å². The summed E-state index contributed by atoms with van der Waals surface area (Å²) < 4.78 is 11.1. The van der Waals surface area contributed by atoms with Crippen molar-refractivity contribution in [3.05, 3.63) is 35.4 Å². The molecule has 6 heteroatoms. The third-order valence-electron chi connectivity index (χ3n) is 5.40. The van der Waals surface area contributed by atoms with Gasteiger partial charge in [-0.1, -0.05) is 29.8 Å². The summed E-state index contributed by atoms with van der Waals surface area (Å²) in [6.45, 7) is 5.01. The fraction of sp³-hybridized carbons (Fsp3) is 0.579. The normalized spacial score (nSPS) is 29.2. The van der Waals surface area contributed by atoms with Crippen molar-refractivity contribution in [3.63, 3.8) is 0 Å². The van der Waals surface area contributed by atoms with Gasteiger partial charge >= 0.3 is 0 Å². The van der Waals surface area contributed by atoms with Crippen LogP contribution in [0.4, 0.5) is 0 Å². The Kier molecular flexibility index (Phi) is 4.48. The van der Waals surface area contributed by atoms with E-state index in [1.165, 1.54) is 5.56 Å². The summed E-state index contributed by atoms with van der Waals surface area (Å²) in [6.07, 6.45) is 0.700. The molecule has 0 radical (unpaired) electrons. The molecule has 0 aliphatic carbocycles. The Morgan fingerprint density at radius 1 is 1.32 bits per heavy atom. The highest BCUT2D eigenvalue weighted by Gasteiger charge is 2.45. The van der Waals surface area contributed by atoms with Gasteiger partial charge in [0.15, 0.2) is 0 Å². The second-order valence-corrected chi connectivity index (χ2v) is 7.23. The van der Waals surface area contributed by atoms with Crippen LogP contribution < -0.4 is 0 Å². The molecule has 3 heterocycles. The lowest BCUT2D eigenvalue weighted by atomic mass is 10.1. The number of carbonyl (C=O) groups is 2. The van der Waals surface area contributed by atoms with Gasteiger partial charge in [0.2, 0.25) is 11.8 Å². The van der Waals surface area contributed by atoms with Crippen LogP contribution in [0.1, 0.15) is 17.5 Å². The van der Waals surface area contributed by atoms with Gasteiger partial charge in [-0.25, -0.2) is 0 Å². The average Bonchev–Trinajstić information content (AvgIpc) is 3.26. The Bertz CT molecular complexity index is 671. The number of fused-ring (bicyclic) bond motifs is 1. The molecule has 0 aromatic heterocycles. The minimum Gasteiger partial charge on any atom is -0.381 e. The van der Waals surface area contributed by atoms with E-state index in [0.717, 1.165) is 12.0 Å². The third-order valence-corrected chi connectivity index (χ3v) is 5.40. The lowest BCUT2D eigenvalue weighted by Gasteiger charge is -2.36. The highest BCUT2D eigenvalue weighted by molar-refractivity contribution is 5.81. The molecule has 0 saturated carbocycles. The molecule has 2 amide bonds. The summed E-state index contributed by atoms with van der Waals surface area (Å²) in [5.74, 6) is 0.0980. The van der Waals surface area contributed by atoms with E-state index in [1.807, 2.05) is 34.9 Å². The molecular formula is C19H24N2O4. The number of hydrogen-bond acceptors (Lipinski definition) is 4. The van der Waals surface area contributed by atoms with E-state index >= 15 is 0 Å². The van der Waals surface area contributed by atoms with E-state index in [4.69, 9.17) is 9.47 Å². The maximum atomic E-state index is 12.7. The zero-order chi connectivity index (χ0) is 17.4. The second kappa shape index (κ2) is 6.77. The smallest absolute Gasteiger partial charge is 0.249 e. The minimum absolute atomic E-state index is 0.00116. The molecule has 3 aliphatic heterocycles. The predicted molar refractivity (Wildman–Crippen MR) is 90.8 cm³/mol. The molecule has 134 valence electrons. The largest absolute Gasteiger partial charge is 0.381 e. The minimum atomic E-state index is -0.0891. The number of benzene rings is 1. The second-order valence-electron chi connectivity index (χ2n) is 7.23. The first kappa shape index (κ1) is 16.5. The number of morpholine rings is 1. The molecule has 0 spiro atoms. The van der Waals surface area contributed by atoms with Crippen molar-refractivity contribution < 1.29 is 19.1 Å². The van der Waals surface area contributed by atoms with Crippen LogP contribution in [0.5, 0.6) is 0 Å². The molecule has 0 unspecified atom stereocenters. The maximum absolute atomic E-state index is 12.7. The van der Waals surface area contributed by atoms with Gasteiger partial charge in [-0.15, -0.1) is 0 Å². The van der Waals surface area contributed by atoms with E-state index in [0.29, 0.717) is 32.8 Å². The van der Waals surface area contributed by atoms with Crippen LogP contribution in [0.3, 0.4) is 0 Å². The van der Waals surface area contributed by atoms with E-state index in [1.54, 1.807) is 0 Å². The molecule has 3 aliphatic rings. The molecule has 1 aromatic carbocycles. The van der Waals surface area contributed by atoms with Crippen LogP contribution in [0.15, 0.2) is 24.3 Å². The standard InChI is InChI=1S/C19H24N2O4/c1-13-3-2-4-14(7-13)8-21-16-9-20(10-17(16)25-12-18(21)22)19(23)15-5-6-24-11-15/h2-4,7,15-17H,5-6,8-12H2,1H3/t15-,16-,17-/m1/s1. The van der Waals surface area contributed by atoms with Gasteiger partial charge in [0.1, 0.15) is 6.61 Å². The molecule has 3 atom stereocenters. The summed E-state index contributed by atoms with van der Waals surface area (Å²) in [5, 5.41) is 0. The van der Waals surface area contributed by atoms with Crippen molar-refractivity contribution in [2.75, 3.05) is 32.9 Å². The lowest BCUT2D eigenvalue weighted by Crippen LogP contribution is -2.53. The number of amides is 2. The molecular weight excluding hydrogens is 320 g/mol. The monoisotopic (exact) mass is 344 g/mol. The Morgan fingerprint density at radius 2 is 2.20 bits per heavy atom. The Morgan fingerprint density at radius 3 is 2.96 bits per heavy atom. The highest BCUT2D eigenvalue weighted by atomic mass is 16.5. The Hall–Kier alpha value is -1.92. The Balaban J connectivity index is 1.48. The predicted octanol–water partition coefficient (Wildman–Crippen LogP) is 0.970. The van der Waals surface area contributed by atoms with Gasteiger partial charge in [-0.05, 0) is 18.9 Å². The lowest BCUT2D eigenvalue weighted by molar-refractivity contribution is -0.153. The van der Waals surface area contributed by atoms with Crippen molar-refractivity contribution in [2.24, 2.45) is 5.92 Å². The molecule has 25 heavy (non-hydrogen) atoms. The summed E-state index contributed by atoms with van der Waals surface area (Å²) in [6, 6.07) is 8.14. The number of rotatable bonds is 3. The molecule has 1 aromatic rings. The van der Waals surface area contributed by atoms with Crippen LogP contribution in [0.25, 0.3) is 0 Å². The summed E-state index contributed by atoms with van der Waals surface area (Å²) in [4.78, 5) is 28.9. The van der Waals surface area contributed by atoms with E-state index in [9.17, 15) is 9.59 Å². The molecule has 6 nitrogen and oxygen atoms in total. The van der Waals surface area contributed by atoms with Crippen LogP contribution in [0, 0.1) is 12.8 Å². The molecule has 0 bridgehead atoms. The SMILES string of the molecule is Cc1cccc(CN2C(=O)CO[C@@H]3CN(C(=O)[C@@H]4CCOC4)C[C@H]32)c1. The van der Waals surface area contributed by atoms with Crippen LogP contribution >= 0.6 is 0 Å². The average molecular weight is 344 g/mol. The van der Waals surface area contributed by atoms with Gasteiger partial charge in [-0.2, -0.15) is 0 Å². The number of ether oxygens (including phenoxy) is 2. The van der Waals surface area contributed by atoms with Crippen LogP contribution in [-0.2, 0) is 25.6 Å². The van der Waals surface area contributed by atoms with Crippen molar-refractivity contribution in [1.82, 2.24) is 9.80 Å². The van der Waals surface area contributed by atoms with Crippen LogP contribution in [-0.4, -0.2) is 66.7 Å². The highest BCUT2D eigenvalue weighted by Crippen LogP contribution is 2.27. The third kappa shape index (κ3) is 3.28. The zero-order valence-corrected chi connectivity index (χ0v) is 14.5. The fourth-order valence-electron chi connectivity index (χ4n) is 4.05. The number of aryl methyl sites for hydroxylation is 1. The fourth-order valence-corrected chi connectivity index (χ4v) is 4.05. The zero-order valence-electron chi connectivity index (χ0n) is 14.5. The number of likely N-dealkylation sites (tertiary alicyclic amines) is 1. The first-order valence-electron chi connectivity index (χ1n) is 8.95. The summed E-state index contributed by atoms with van der Waals surface area (Å²) in [7, 11) is 0. The van der Waals surface area contributed by atoms with Crippen molar-refractivity contribution >= 4 is 11.8 Å². The molecule has 3 saturated heterocycles. The van der Waals surface area contributed by atoms with Gasteiger partial charge in [0.25, 0.3) is 0 Å². The number of nitrogens with zero attached hydrogens (tertiary/aromatic N) is 2. The molecule has 3 fully saturated rings. The number of hydrogen-bond donors (Lipinski definition) is 0. The summed E-state index contributed by atoms with van der Waals surface area (Å²) in [5.41, 5.74) is 2.29. The quantitative estimate of drug-likeness (QED) is 0.820. The van der Waals surface area contributed by atoms with Crippen molar-refractivity contribution in [2.45, 2.75) is 32.0 Å². The van der Waals surface area contributed by atoms with Gasteiger partial charge in [0.05, 0.1) is 24.7 Å². The first-order valence-corrected chi connectivity index (χ1v) is 8.95. The van der Waals surface area contributed by atoms with Crippen molar-refractivity contribution in [3.8, 4) is 0 Å². The number of carbonyl (C=O) groups excluding carboxylic acids is 2. The van der Waals surface area contributed by atoms with E-state index in [2.05, 4.69) is 6.07 Å². The van der Waals surface area contributed by atoms with Crippen LogP contribution in [0.2, 0.25) is 0 Å². The van der Waals surface area contributed by atoms with E-state index < -0.39 is 0 Å². The van der Waals surface area contributed by atoms with E-state index in [-0.39, 0.29) is 36.5 Å². The van der Waals surface area contributed by atoms with Gasteiger partial charge in [-0.3, -0.25) is 9.59 Å². The maximum Gasteiger partial charge on any atom is 0.249 e. The van der Waals surface area contributed by atoms with Crippen molar-refractivity contribution in [1.29, 1.82) is 0 Å². The molecule has 0 N–H and O–H groups in total. The van der Waals surface area contributed by atoms with Gasteiger partial charge in [0, 0.05) is 26.2 Å².